The van der Waals surface area contributed by atoms with Crippen LogP contribution < -0.4 is 4.74 Å². The molecular formula is C17H21N3O3. The molecule has 1 heterocycles. The van der Waals surface area contributed by atoms with Crippen LogP contribution in [-0.2, 0) is 0 Å². The van der Waals surface area contributed by atoms with Crippen molar-refractivity contribution in [2.24, 2.45) is 0 Å². The highest BCUT2D eigenvalue weighted by molar-refractivity contribution is 5.98. The van der Waals surface area contributed by atoms with E-state index in [2.05, 4.69) is 0 Å². The van der Waals surface area contributed by atoms with Crippen LogP contribution in [0, 0.1) is 0 Å². The molecule has 0 bridgehead atoms. The van der Waals surface area contributed by atoms with E-state index in [-0.39, 0.29) is 11.8 Å². The number of carbonyl (C=O) groups is 2. The molecule has 1 aromatic heterocycles. The van der Waals surface area contributed by atoms with Gasteiger partial charge in [0.1, 0.15) is 17.1 Å². The van der Waals surface area contributed by atoms with Gasteiger partial charge in [-0.05, 0) is 36.4 Å². The topological polar surface area (TPSA) is 54.8 Å². The fraction of sp³-hybridized carbons (Fsp3) is 0.294. The number of ether oxygens (including phenoxy) is 1. The predicted molar refractivity (Wildman–Crippen MR) is 88.4 cm³/mol. The van der Waals surface area contributed by atoms with Gasteiger partial charge in [-0.15, -0.1) is 0 Å². The third kappa shape index (κ3) is 3.21. The number of rotatable bonds is 4. The Morgan fingerprint density at radius 1 is 0.826 bits per heavy atom. The maximum atomic E-state index is 12.4. The zero-order valence-electron chi connectivity index (χ0n) is 14.0. The smallest absolute Gasteiger partial charge is 0.270 e. The van der Waals surface area contributed by atoms with Gasteiger partial charge in [-0.25, -0.2) is 0 Å². The second-order valence-corrected chi connectivity index (χ2v) is 5.54. The molecule has 0 atom stereocenters. The molecular weight excluding hydrogens is 294 g/mol. The van der Waals surface area contributed by atoms with Crippen molar-refractivity contribution >= 4 is 11.8 Å². The van der Waals surface area contributed by atoms with Gasteiger partial charge in [0, 0.05) is 33.9 Å². The molecule has 0 aliphatic heterocycles. The summed E-state index contributed by atoms with van der Waals surface area (Å²) in [7, 11) is 8.32. The number of aromatic nitrogens is 1. The summed E-state index contributed by atoms with van der Waals surface area (Å²) in [5, 5.41) is 0. The zero-order valence-corrected chi connectivity index (χ0v) is 14.0. The summed E-state index contributed by atoms with van der Waals surface area (Å²) in [5.74, 6) is 0.374. The highest BCUT2D eigenvalue weighted by Crippen LogP contribution is 2.22. The van der Waals surface area contributed by atoms with E-state index in [1.54, 1.807) is 64.1 Å². The van der Waals surface area contributed by atoms with E-state index in [4.69, 9.17) is 4.74 Å². The van der Waals surface area contributed by atoms with Crippen molar-refractivity contribution in [2.45, 2.75) is 0 Å². The molecule has 0 radical (unpaired) electrons. The van der Waals surface area contributed by atoms with Crippen LogP contribution in [0.5, 0.6) is 5.75 Å². The quantitative estimate of drug-likeness (QED) is 0.866. The van der Waals surface area contributed by atoms with E-state index >= 15 is 0 Å². The van der Waals surface area contributed by atoms with Crippen LogP contribution in [0.4, 0.5) is 0 Å². The monoisotopic (exact) mass is 315 g/mol. The second-order valence-electron chi connectivity index (χ2n) is 5.54. The van der Waals surface area contributed by atoms with Gasteiger partial charge in [0.25, 0.3) is 11.8 Å². The van der Waals surface area contributed by atoms with E-state index in [0.29, 0.717) is 17.1 Å². The van der Waals surface area contributed by atoms with Crippen molar-refractivity contribution in [1.82, 2.24) is 14.4 Å². The van der Waals surface area contributed by atoms with E-state index < -0.39 is 0 Å². The average molecular weight is 315 g/mol. The standard InChI is InChI=1S/C17H21N3O3/c1-18(2)16(21)14-10-11-15(17(22)19(3)4)20(14)12-6-8-13(23-5)9-7-12/h6-11H,1-5H3. The van der Waals surface area contributed by atoms with Gasteiger partial charge >= 0.3 is 0 Å². The molecule has 2 amide bonds. The lowest BCUT2D eigenvalue weighted by Gasteiger charge is -2.17. The number of hydrogen-bond acceptors (Lipinski definition) is 3. The minimum atomic E-state index is -0.168. The molecule has 1 aromatic carbocycles. The summed E-state index contributed by atoms with van der Waals surface area (Å²) in [6.45, 7) is 0. The van der Waals surface area contributed by atoms with Gasteiger partial charge in [-0.1, -0.05) is 0 Å². The molecule has 0 spiro atoms. The largest absolute Gasteiger partial charge is 0.497 e. The molecule has 0 unspecified atom stereocenters. The van der Waals surface area contributed by atoms with Crippen molar-refractivity contribution in [3.05, 3.63) is 47.8 Å². The van der Waals surface area contributed by atoms with E-state index in [1.807, 2.05) is 12.1 Å². The molecule has 23 heavy (non-hydrogen) atoms. The third-order valence-corrected chi connectivity index (χ3v) is 3.46. The Bertz CT molecular complexity index is 678. The van der Waals surface area contributed by atoms with Crippen LogP contribution >= 0.6 is 0 Å². The van der Waals surface area contributed by atoms with Gasteiger partial charge in [0.2, 0.25) is 0 Å². The Kier molecular flexibility index (Phi) is 4.74. The number of methoxy groups -OCH3 is 1. The Balaban J connectivity index is 2.62. The SMILES string of the molecule is COc1ccc(-n2c(C(=O)N(C)C)ccc2C(=O)N(C)C)cc1. The van der Waals surface area contributed by atoms with Crippen LogP contribution in [0.2, 0.25) is 0 Å². The molecule has 0 N–H and O–H groups in total. The summed E-state index contributed by atoms with van der Waals surface area (Å²) < 4.78 is 6.83. The van der Waals surface area contributed by atoms with Crippen LogP contribution in [-0.4, -0.2) is 61.5 Å². The van der Waals surface area contributed by atoms with E-state index in [0.717, 1.165) is 5.69 Å². The molecule has 0 saturated carbocycles. The van der Waals surface area contributed by atoms with Gasteiger partial charge in [-0.3, -0.25) is 9.59 Å². The number of hydrogen-bond donors (Lipinski definition) is 0. The fourth-order valence-electron chi connectivity index (χ4n) is 2.24. The molecule has 6 nitrogen and oxygen atoms in total. The summed E-state index contributed by atoms with van der Waals surface area (Å²) in [6, 6.07) is 10.6. The highest BCUT2D eigenvalue weighted by Gasteiger charge is 2.22. The number of nitrogens with zero attached hydrogens (tertiary/aromatic N) is 3. The number of amides is 2. The van der Waals surface area contributed by atoms with Crippen molar-refractivity contribution < 1.29 is 14.3 Å². The first kappa shape index (κ1) is 16.6. The average Bonchev–Trinajstić information content (AvgIpc) is 2.97. The predicted octanol–water partition coefficient (Wildman–Crippen LogP) is 1.89. The fourth-order valence-corrected chi connectivity index (χ4v) is 2.24. The van der Waals surface area contributed by atoms with Crippen molar-refractivity contribution in [2.75, 3.05) is 35.3 Å². The first-order valence-corrected chi connectivity index (χ1v) is 7.16. The van der Waals surface area contributed by atoms with Gasteiger partial charge in [0.15, 0.2) is 0 Å². The van der Waals surface area contributed by atoms with Crippen LogP contribution in [0.25, 0.3) is 5.69 Å². The molecule has 122 valence electrons. The lowest BCUT2D eigenvalue weighted by molar-refractivity contribution is 0.0813. The molecule has 2 aromatic rings. The normalized spacial score (nSPS) is 10.3. The Morgan fingerprint density at radius 2 is 1.26 bits per heavy atom. The Morgan fingerprint density at radius 3 is 1.61 bits per heavy atom. The minimum Gasteiger partial charge on any atom is -0.497 e. The molecule has 2 rings (SSSR count). The lowest BCUT2D eigenvalue weighted by Crippen LogP contribution is -2.28. The third-order valence-electron chi connectivity index (χ3n) is 3.46. The van der Waals surface area contributed by atoms with Crippen LogP contribution in [0.3, 0.4) is 0 Å². The van der Waals surface area contributed by atoms with Gasteiger partial charge < -0.3 is 19.1 Å². The van der Waals surface area contributed by atoms with Crippen molar-refractivity contribution in [1.29, 1.82) is 0 Å². The molecule has 6 heteroatoms. The Hall–Kier alpha value is -2.76. The first-order valence-electron chi connectivity index (χ1n) is 7.16. The van der Waals surface area contributed by atoms with Crippen LogP contribution in [0.1, 0.15) is 21.0 Å². The number of benzene rings is 1. The summed E-state index contributed by atoms with van der Waals surface area (Å²) in [6.07, 6.45) is 0. The van der Waals surface area contributed by atoms with Crippen molar-refractivity contribution in [3.8, 4) is 11.4 Å². The van der Waals surface area contributed by atoms with Gasteiger partial charge in [0.05, 0.1) is 7.11 Å². The van der Waals surface area contributed by atoms with Crippen LogP contribution in [0.15, 0.2) is 36.4 Å². The maximum Gasteiger partial charge on any atom is 0.270 e. The minimum absolute atomic E-state index is 0.168. The molecule has 0 fully saturated rings. The first-order chi connectivity index (χ1) is 10.9. The summed E-state index contributed by atoms with van der Waals surface area (Å²) >= 11 is 0. The van der Waals surface area contributed by atoms with Crippen molar-refractivity contribution in [3.63, 3.8) is 0 Å². The highest BCUT2D eigenvalue weighted by atomic mass is 16.5. The summed E-state index contributed by atoms with van der Waals surface area (Å²) in [5.41, 5.74) is 1.60. The van der Waals surface area contributed by atoms with E-state index in [9.17, 15) is 9.59 Å². The van der Waals surface area contributed by atoms with Gasteiger partial charge in [-0.2, -0.15) is 0 Å². The second kappa shape index (κ2) is 6.56. The molecule has 0 aliphatic carbocycles. The molecule has 0 saturated heterocycles. The Labute approximate surface area is 135 Å². The number of carbonyl (C=O) groups excluding carboxylic acids is 2. The summed E-state index contributed by atoms with van der Waals surface area (Å²) in [4.78, 5) is 27.8. The molecule has 0 aliphatic rings. The van der Waals surface area contributed by atoms with E-state index in [1.165, 1.54) is 9.80 Å². The zero-order chi connectivity index (χ0) is 17.1. The maximum absolute atomic E-state index is 12.4. The lowest BCUT2D eigenvalue weighted by atomic mass is 10.2.